The lowest BCUT2D eigenvalue weighted by atomic mass is 10.3. The van der Waals surface area contributed by atoms with E-state index in [1.165, 1.54) is 38.8 Å². The van der Waals surface area contributed by atoms with Crippen LogP contribution in [0.4, 0.5) is 0 Å². The summed E-state index contributed by atoms with van der Waals surface area (Å²) in [7, 11) is 0. The number of unbranched alkanes of at least 4 members (excludes halogenated alkanes) is 1. The van der Waals surface area contributed by atoms with Crippen LogP contribution in [0.15, 0.2) is 12.2 Å². The van der Waals surface area contributed by atoms with Crippen LogP contribution in [0.25, 0.3) is 0 Å². The van der Waals surface area contributed by atoms with Crippen LogP contribution in [0.3, 0.4) is 0 Å². The Kier molecular flexibility index (Phi) is 11.5. The van der Waals surface area contributed by atoms with E-state index in [0.29, 0.717) is 0 Å². The predicted molar refractivity (Wildman–Crippen MR) is 51.1 cm³/mol. The van der Waals surface area contributed by atoms with Crippen molar-refractivity contribution in [2.45, 2.75) is 40.5 Å². The maximum absolute atomic E-state index is 10.1. The minimum absolute atomic E-state index is 0.0970. The first-order chi connectivity index (χ1) is 5.54. The first kappa shape index (κ1) is 13.7. The second-order valence-corrected chi connectivity index (χ2v) is 2.55. The Morgan fingerprint density at radius 3 is 1.25 bits per heavy atom. The molecule has 0 aromatic carbocycles. The van der Waals surface area contributed by atoms with Gasteiger partial charge < -0.3 is 0 Å². The Balaban J connectivity index is 0. The second kappa shape index (κ2) is 10.1. The molecule has 2 nitrogen and oxygen atoms in total. The highest BCUT2D eigenvalue weighted by Gasteiger charge is 1.83. The summed E-state index contributed by atoms with van der Waals surface area (Å²) in [4.78, 5) is 20.2. The maximum Gasteiger partial charge on any atom is 0.152 e. The van der Waals surface area contributed by atoms with Gasteiger partial charge >= 0.3 is 0 Å². The number of hydrogen-bond acceptors (Lipinski definition) is 2. The molecular formula is C10H18O2. The normalized spacial score (nSPS) is 9.00. The van der Waals surface area contributed by atoms with Gasteiger partial charge in [-0.2, -0.15) is 0 Å². The molecule has 0 fully saturated rings. The predicted octanol–water partition coefficient (Wildman–Crippen LogP) is 2.53. The zero-order valence-corrected chi connectivity index (χ0v) is 8.39. The molecule has 2 heteroatoms. The van der Waals surface area contributed by atoms with Crippen LogP contribution in [0.5, 0.6) is 0 Å². The van der Waals surface area contributed by atoms with Gasteiger partial charge in [-0.15, -0.1) is 0 Å². The molecule has 0 aliphatic heterocycles. The van der Waals surface area contributed by atoms with E-state index in [4.69, 9.17) is 0 Å². The highest BCUT2D eigenvalue weighted by molar-refractivity contribution is 5.96. The molecule has 0 rings (SSSR count). The van der Waals surface area contributed by atoms with Gasteiger partial charge in [-0.1, -0.05) is 26.7 Å². The lowest BCUT2D eigenvalue weighted by Crippen LogP contribution is -1.85. The van der Waals surface area contributed by atoms with Gasteiger partial charge in [-0.05, 0) is 26.0 Å². The van der Waals surface area contributed by atoms with Crippen molar-refractivity contribution in [3.8, 4) is 0 Å². The fourth-order valence-electron chi connectivity index (χ4n) is 0.235. The monoisotopic (exact) mass is 170 g/mol. The number of ketones is 2. The van der Waals surface area contributed by atoms with E-state index < -0.39 is 0 Å². The van der Waals surface area contributed by atoms with E-state index in [-0.39, 0.29) is 11.6 Å². The van der Waals surface area contributed by atoms with Crippen LogP contribution in [0.1, 0.15) is 40.5 Å². The van der Waals surface area contributed by atoms with Crippen LogP contribution in [0.2, 0.25) is 0 Å². The summed E-state index contributed by atoms with van der Waals surface area (Å²) in [5.41, 5.74) is 0. The Hall–Kier alpha value is -0.920. The molecule has 0 unspecified atom stereocenters. The average molecular weight is 170 g/mol. The molecule has 0 spiro atoms. The van der Waals surface area contributed by atoms with Crippen molar-refractivity contribution >= 4 is 11.6 Å². The fourth-order valence-corrected chi connectivity index (χ4v) is 0.235. The van der Waals surface area contributed by atoms with Crippen molar-refractivity contribution < 1.29 is 9.59 Å². The smallest absolute Gasteiger partial charge is 0.152 e. The Morgan fingerprint density at radius 2 is 1.17 bits per heavy atom. The Morgan fingerprint density at radius 1 is 0.917 bits per heavy atom. The van der Waals surface area contributed by atoms with Gasteiger partial charge in [0.2, 0.25) is 0 Å². The molecule has 0 aliphatic carbocycles. The summed E-state index contributed by atoms with van der Waals surface area (Å²) in [5, 5.41) is 0. The van der Waals surface area contributed by atoms with E-state index in [1.807, 2.05) is 0 Å². The van der Waals surface area contributed by atoms with Gasteiger partial charge in [-0.25, -0.2) is 0 Å². The first-order valence-corrected chi connectivity index (χ1v) is 4.23. The van der Waals surface area contributed by atoms with Crippen molar-refractivity contribution in [2.75, 3.05) is 0 Å². The Bertz CT molecular complexity index is 139. The highest BCUT2D eigenvalue weighted by Crippen LogP contribution is 1.76. The van der Waals surface area contributed by atoms with Crippen molar-refractivity contribution in [1.29, 1.82) is 0 Å². The highest BCUT2D eigenvalue weighted by atomic mass is 16.1. The quantitative estimate of drug-likeness (QED) is 0.610. The van der Waals surface area contributed by atoms with Gasteiger partial charge in [0.05, 0.1) is 0 Å². The number of carbonyl (C=O) groups excluding carboxylic acids is 2. The molecule has 12 heavy (non-hydrogen) atoms. The van der Waals surface area contributed by atoms with Crippen LogP contribution < -0.4 is 0 Å². The summed E-state index contributed by atoms with van der Waals surface area (Å²) in [6, 6.07) is 0. The van der Waals surface area contributed by atoms with Crippen LogP contribution in [-0.2, 0) is 9.59 Å². The van der Waals surface area contributed by atoms with Gasteiger partial charge in [0, 0.05) is 0 Å². The topological polar surface area (TPSA) is 34.1 Å². The zero-order valence-electron chi connectivity index (χ0n) is 8.39. The lowest BCUT2D eigenvalue weighted by Gasteiger charge is -1.74. The van der Waals surface area contributed by atoms with Crippen molar-refractivity contribution in [1.82, 2.24) is 0 Å². The molecule has 0 saturated heterocycles. The molecule has 0 atom stereocenters. The molecular weight excluding hydrogens is 152 g/mol. The van der Waals surface area contributed by atoms with Crippen LogP contribution in [-0.4, -0.2) is 11.6 Å². The third-order valence-corrected chi connectivity index (χ3v) is 1.05. The third-order valence-electron chi connectivity index (χ3n) is 1.05. The summed E-state index contributed by atoms with van der Waals surface area (Å²) in [6.07, 6.45) is 5.14. The van der Waals surface area contributed by atoms with E-state index in [0.717, 1.165) is 0 Å². The first-order valence-electron chi connectivity index (χ1n) is 4.23. The van der Waals surface area contributed by atoms with Crippen LogP contribution >= 0.6 is 0 Å². The van der Waals surface area contributed by atoms with Gasteiger partial charge in [0.25, 0.3) is 0 Å². The summed E-state index contributed by atoms with van der Waals surface area (Å²) in [6.45, 7) is 7.17. The molecule has 0 saturated carbocycles. The third kappa shape index (κ3) is 23.0. The standard InChI is InChI=1S/C6H8O2.C4H10/c1-5(7)3-4-6(2)8;1-3-4-2/h3-4H,1-2H3;3-4H2,1-2H3/b4-3-;. The SMILES string of the molecule is CC(=O)/C=C\C(C)=O.CCCC. The summed E-state index contributed by atoms with van der Waals surface area (Å²) < 4.78 is 0. The molecule has 0 aromatic rings. The van der Waals surface area contributed by atoms with Crippen LogP contribution in [0, 0.1) is 0 Å². The average Bonchev–Trinajstić information content (AvgIpc) is 2.01. The fraction of sp³-hybridized carbons (Fsp3) is 0.600. The molecule has 0 bridgehead atoms. The van der Waals surface area contributed by atoms with Crippen molar-refractivity contribution in [3.05, 3.63) is 12.2 Å². The second-order valence-electron chi connectivity index (χ2n) is 2.55. The number of rotatable bonds is 3. The Labute approximate surface area is 74.7 Å². The molecule has 0 amide bonds. The van der Waals surface area contributed by atoms with Gasteiger partial charge in [-0.3, -0.25) is 9.59 Å². The minimum atomic E-state index is -0.0970. The summed E-state index contributed by atoms with van der Waals surface area (Å²) >= 11 is 0. The lowest BCUT2D eigenvalue weighted by molar-refractivity contribution is -0.114. The molecule has 0 aliphatic rings. The van der Waals surface area contributed by atoms with E-state index in [2.05, 4.69) is 13.8 Å². The van der Waals surface area contributed by atoms with Gasteiger partial charge in [0.1, 0.15) is 0 Å². The van der Waals surface area contributed by atoms with Crippen molar-refractivity contribution in [3.63, 3.8) is 0 Å². The van der Waals surface area contributed by atoms with Crippen molar-refractivity contribution in [2.24, 2.45) is 0 Å². The minimum Gasteiger partial charge on any atom is -0.295 e. The number of allylic oxidation sites excluding steroid dienone is 2. The molecule has 0 aromatic heterocycles. The largest absolute Gasteiger partial charge is 0.295 e. The van der Waals surface area contributed by atoms with E-state index in [1.54, 1.807) is 0 Å². The molecule has 0 heterocycles. The van der Waals surface area contributed by atoms with E-state index in [9.17, 15) is 9.59 Å². The molecule has 70 valence electrons. The zero-order chi connectivity index (χ0) is 9.98. The number of carbonyl (C=O) groups is 2. The summed E-state index contributed by atoms with van der Waals surface area (Å²) in [5.74, 6) is -0.194. The number of hydrogen-bond donors (Lipinski definition) is 0. The van der Waals surface area contributed by atoms with Gasteiger partial charge in [0.15, 0.2) is 11.6 Å². The maximum atomic E-state index is 10.1. The molecule has 0 radical (unpaired) electrons. The molecule has 0 N–H and O–H groups in total. The van der Waals surface area contributed by atoms with E-state index >= 15 is 0 Å².